The number of carbonyl (C=O) groups excluding carboxylic acids is 3. The minimum Gasteiger partial charge on any atom is -0.497 e. The standard InChI is InChI=1S/C19H18ClN3O4/c1-19(13-4-3-5-15(11-13)27-2)17(25)23(18(26)21-19)22-16(24)10-12-6-8-14(20)9-7-12/h3-9,11H,10H2,1-2H3,(H,21,26)(H,22,24)/t19-/m0/s1. The van der Waals surface area contributed by atoms with E-state index in [1.165, 1.54) is 7.11 Å². The van der Waals surface area contributed by atoms with Gasteiger partial charge >= 0.3 is 6.03 Å². The Kier molecular flexibility index (Phi) is 5.05. The van der Waals surface area contributed by atoms with Crippen molar-refractivity contribution in [1.82, 2.24) is 15.8 Å². The summed E-state index contributed by atoms with van der Waals surface area (Å²) in [7, 11) is 1.51. The van der Waals surface area contributed by atoms with E-state index in [-0.39, 0.29) is 6.42 Å². The summed E-state index contributed by atoms with van der Waals surface area (Å²) >= 11 is 5.82. The van der Waals surface area contributed by atoms with Crippen molar-refractivity contribution in [3.05, 3.63) is 64.7 Å². The second-order valence-electron chi connectivity index (χ2n) is 6.27. The van der Waals surface area contributed by atoms with E-state index in [0.29, 0.717) is 26.9 Å². The fourth-order valence-corrected chi connectivity index (χ4v) is 2.95. The first-order chi connectivity index (χ1) is 12.8. The molecular weight excluding hydrogens is 370 g/mol. The quantitative estimate of drug-likeness (QED) is 0.771. The van der Waals surface area contributed by atoms with Gasteiger partial charge in [0.25, 0.3) is 5.91 Å². The lowest BCUT2D eigenvalue weighted by atomic mass is 9.92. The predicted molar refractivity (Wildman–Crippen MR) is 99.0 cm³/mol. The lowest BCUT2D eigenvalue weighted by molar-refractivity contribution is -0.138. The minimum absolute atomic E-state index is 0.00407. The third-order valence-corrected chi connectivity index (χ3v) is 4.60. The van der Waals surface area contributed by atoms with Gasteiger partial charge in [0.15, 0.2) is 0 Å². The van der Waals surface area contributed by atoms with Crippen LogP contribution in [0, 0.1) is 0 Å². The molecule has 27 heavy (non-hydrogen) atoms. The number of urea groups is 1. The third-order valence-electron chi connectivity index (χ3n) is 4.35. The van der Waals surface area contributed by atoms with Gasteiger partial charge in [-0.3, -0.25) is 15.0 Å². The normalized spacial score (nSPS) is 19.0. The van der Waals surface area contributed by atoms with E-state index in [9.17, 15) is 14.4 Å². The summed E-state index contributed by atoms with van der Waals surface area (Å²) < 4.78 is 5.17. The van der Waals surface area contributed by atoms with Crippen LogP contribution in [0.25, 0.3) is 0 Å². The zero-order chi connectivity index (χ0) is 19.6. The summed E-state index contributed by atoms with van der Waals surface area (Å²) in [5.41, 5.74) is 2.32. The van der Waals surface area contributed by atoms with Crippen LogP contribution in [0.15, 0.2) is 48.5 Å². The highest BCUT2D eigenvalue weighted by Crippen LogP contribution is 2.30. The monoisotopic (exact) mass is 387 g/mol. The van der Waals surface area contributed by atoms with E-state index < -0.39 is 23.4 Å². The van der Waals surface area contributed by atoms with Crippen molar-refractivity contribution in [3.63, 3.8) is 0 Å². The molecule has 1 atom stereocenters. The topological polar surface area (TPSA) is 87.7 Å². The van der Waals surface area contributed by atoms with Crippen LogP contribution in [0.5, 0.6) is 5.75 Å². The van der Waals surface area contributed by atoms with E-state index in [4.69, 9.17) is 16.3 Å². The van der Waals surface area contributed by atoms with Crippen LogP contribution in [0.3, 0.4) is 0 Å². The Morgan fingerprint density at radius 2 is 1.93 bits per heavy atom. The van der Waals surface area contributed by atoms with Crippen LogP contribution < -0.4 is 15.5 Å². The van der Waals surface area contributed by atoms with Gasteiger partial charge in [-0.2, -0.15) is 5.01 Å². The maximum absolute atomic E-state index is 12.8. The number of nitrogens with zero attached hydrogens (tertiary/aromatic N) is 1. The van der Waals surface area contributed by atoms with Crippen molar-refractivity contribution >= 4 is 29.4 Å². The molecule has 3 rings (SSSR count). The summed E-state index contributed by atoms with van der Waals surface area (Å²) in [5.74, 6) is -0.512. The van der Waals surface area contributed by atoms with E-state index in [1.807, 2.05) is 0 Å². The van der Waals surface area contributed by atoms with Crippen LogP contribution in [0.1, 0.15) is 18.1 Å². The van der Waals surface area contributed by atoms with Gasteiger partial charge in [-0.25, -0.2) is 4.79 Å². The fourth-order valence-electron chi connectivity index (χ4n) is 2.82. The van der Waals surface area contributed by atoms with Crippen molar-refractivity contribution in [2.24, 2.45) is 0 Å². The highest BCUT2D eigenvalue weighted by molar-refractivity contribution is 6.30. The van der Waals surface area contributed by atoms with Crippen LogP contribution in [-0.2, 0) is 21.5 Å². The zero-order valence-electron chi connectivity index (χ0n) is 14.8. The second-order valence-corrected chi connectivity index (χ2v) is 6.70. The number of imide groups is 1. The number of methoxy groups -OCH3 is 1. The molecule has 1 heterocycles. The largest absolute Gasteiger partial charge is 0.497 e. The zero-order valence-corrected chi connectivity index (χ0v) is 15.5. The molecule has 7 nitrogen and oxygen atoms in total. The maximum Gasteiger partial charge on any atom is 0.344 e. The molecule has 0 spiro atoms. The average molecular weight is 388 g/mol. The van der Waals surface area contributed by atoms with Crippen LogP contribution in [0.2, 0.25) is 5.02 Å². The number of rotatable bonds is 5. The van der Waals surface area contributed by atoms with Crippen LogP contribution in [-0.4, -0.2) is 30.0 Å². The summed E-state index contributed by atoms with van der Waals surface area (Å²) in [4.78, 5) is 37.4. The summed E-state index contributed by atoms with van der Waals surface area (Å²) in [6, 6.07) is 12.9. The molecule has 1 aliphatic heterocycles. The fraction of sp³-hybridized carbons (Fsp3) is 0.211. The van der Waals surface area contributed by atoms with Gasteiger partial charge in [0, 0.05) is 5.02 Å². The Hall–Kier alpha value is -3.06. The number of hydrazine groups is 1. The molecule has 2 aromatic rings. The molecule has 1 saturated heterocycles. The molecule has 140 valence electrons. The molecule has 2 aromatic carbocycles. The van der Waals surface area contributed by atoms with Gasteiger partial charge in [-0.1, -0.05) is 35.9 Å². The molecule has 0 radical (unpaired) electrons. The van der Waals surface area contributed by atoms with Gasteiger partial charge in [0.2, 0.25) is 5.91 Å². The highest BCUT2D eigenvalue weighted by atomic mass is 35.5. The van der Waals surface area contributed by atoms with Crippen molar-refractivity contribution in [2.75, 3.05) is 7.11 Å². The first kappa shape index (κ1) is 18.7. The summed E-state index contributed by atoms with van der Waals surface area (Å²) in [5, 5.41) is 3.89. The Bertz CT molecular complexity index is 900. The highest BCUT2D eigenvalue weighted by Gasteiger charge is 2.50. The van der Waals surface area contributed by atoms with E-state index >= 15 is 0 Å². The molecular formula is C19H18ClN3O4. The van der Waals surface area contributed by atoms with Gasteiger partial charge in [-0.15, -0.1) is 0 Å². The van der Waals surface area contributed by atoms with Crippen molar-refractivity contribution in [3.8, 4) is 5.75 Å². The molecule has 0 bridgehead atoms. The van der Waals surface area contributed by atoms with E-state index in [0.717, 1.165) is 0 Å². The SMILES string of the molecule is COc1cccc([C@]2(C)NC(=O)N(NC(=O)Cc3ccc(Cl)cc3)C2=O)c1. The molecule has 8 heteroatoms. The van der Waals surface area contributed by atoms with Crippen molar-refractivity contribution in [2.45, 2.75) is 18.9 Å². The Morgan fingerprint density at radius 3 is 2.59 bits per heavy atom. The van der Waals surface area contributed by atoms with Gasteiger partial charge in [0.05, 0.1) is 13.5 Å². The first-order valence-corrected chi connectivity index (χ1v) is 8.56. The molecule has 0 unspecified atom stereocenters. The average Bonchev–Trinajstić information content (AvgIpc) is 2.88. The lowest BCUT2D eigenvalue weighted by Crippen LogP contribution is -2.48. The lowest BCUT2D eigenvalue weighted by Gasteiger charge is -2.22. The number of ether oxygens (including phenoxy) is 1. The predicted octanol–water partition coefficient (Wildman–Crippen LogP) is 2.39. The first-order valence-electron chi connectivity index (χ1n) is 8.18. The van der Waals surface area contributed by atoms with Crippen LogP contribution in [0.4, 0.5) is 4.79 Å². The maximum atomic E-state index is 12.8. The molecule has 0 aromatic heterocycles. The molecule has 0 saturated carbocycles. The van der Waals surface area contributed by atoms with Gasteiger partial charge < -0.3 is 10.1 Å². The molecule has 1 aliphatic rings. The number of nitrogens with one attached hydrogen (secondary N) is 2. The smallest absolute Gasteiger partial charge is 0.344 e. The third kappa shape index (κ3) is 3.73. The Labute approximate surface area is 161 Å². The number of halogens is 1. The Balaban J connectivity index is 1.75. The van der Waals surface area contributed by atoms with Crippen molar-refractivity contribution in [1.29, 1.82) is 0 Å². The number of hydrogen-bond donors (Lipinski definition) is 2. The molecule has 1 fully saturated rings. The van der Waals surface area contributed by atoms with E-state index in [1.54, 1.807) is 55.5 Å². The summed E-state index contributed by atoms with van der Waals surface area (Å²) in [6.45, 7) is 1.58. The summed E-state index contributed by atoms with van der Waals surface area (Å²) in [6.07, 6.45) is 0.00407. The van der Waals surface area contributed by atoms with Crippen molar-refractivity contribution < 1.29 is 19.1 Å². The molecule has 4 amide bonds. The number of amides is 4. The number of hydrogen-bond acceptors (Lipinski definition) is 4. The second kappa shape index (κ2) is 7.28. The minimum atomic E-state index is -1.31. The van der Waals surface area contributed by atoms with E-state index in [2.05, 4.69) is 10.7 Å². The number of carbonyl (C=O) groups is 3. The Morgan fingerprint density at radius 1 is 1.22 bits per heavy atom. The van der Waals surface area contributed by atoms with Gasteiger partial charge in [-0.05, 0) is 42.3 Å². The van der Waals surface area contributed by atoms with Gasteiger partial charge in [0.1, 0.15) is 11.3 Å². The number of benzene rings is 2. The molecule has 2 N–H and O–H groups in total. The molecule has 0 aliphatic carbocycles. The van der Waals surface area contributed by atoms with Crippen LogP contribution >= 0.6 is 11.6 Å².